The first-order valence-electron chi connectivity index (χ1n) is 8.44. The summed E-state index contributed by atoms with van der Waals surface area (Å²) in [6.07, 6.45) is 2.74. The molecule has 0 aliphatic carbocycles. The summed E-state index contributed by atoms with van der Waals surface area (Å²) >= 11 is 12.1. The minimum absolute atomic E-state index is 0. The molecule has 12 heteroatoms. The summed E-state index contributed by atoms with van der Waals surface area (Å²) in [5.74, 6) is 0.897. The Morgan fingerprint density at radius 1 is 1.13 bits per heavy atom. The van der Waals surface area contributed by atoms with Crippen molar-refractivity contribution in [1.29, 1.82) is 0 Å². The molecule has 2 heterocycles. The minimum atomic E-state index is -0.583. The number of nitrogens with one attached hydrogen (secondary N) is 1. The van der Waals surface area contributed by atoms with E-state index in [9.17, 15) is 4.79 Å². The van der Waals surface area contributed by atoms with Crippen molar-refractivity contribution >= 4 is 59.6 Å². The van der Waals surface area contributed by atoms with Crippen molar-refractivity contribution < 1.29 is 18.7 Å². The average Bonchev–Trinajstić information content (AvgIpc) is 3.16. The fourth-order valence-electron chi connectivity index (χ4n) is 2.60. The van der Waals surface area contributed by atoms with Crippen LogP contribution in [0.15, 0.2) is 35.0 Å². The average molecular weight is 510 g/mol. The standard InChI is InChI=1S/C19H18Cl2N4O4.2ClH/c1-9(22)17-16(18(26)24-15-11(20)7-23-8-12(15)21)25-19(29-17)10-4-5-13(27-2)14(6-10)28-3;;/h4-9H,22H2,1-3H3,(H,23,24,26);2*1H. The Hall–Kier alpha value is -2.23. The number of amides is 1. The van der Waals surface area contributed by atoms with Crippen molar-refractivity contribution in [3.05, 3.63) is 52.1 Å². The lowest BCUT2D eigenvalue weighted by molar-refractivity contribution is 0.102. The fraction of sp³-hybridized carbons (Fsp3) is 0.211. The highest BCUT2D eigenvalue weighted by Gasteiger charge is 2.25. The Balaban J connectivity index is 0.00000240. The van der Waals surface area contributed by atoms with E-state index >= 15 is 0 Å². The van der Waals surface area contributed by atoms with Gasteiger partial charge < -0.3 is 24.9 Å². The molecule has 1 atom stereocenters. The highest BCUT2D eigenvalue weighted by atomic mass is 35.5. The number of ether oxygens (including phenoxy) is 2. The van der Waals surface area contributed by atoms with Gasteiger partial charge in [0.1, 0.15) is 0 Å². The van der Waals surface area contributed by atoms with Gasteiger partial charge in [-0.05, 0) is 25.1 Å². The van der Waals surface area contributed by atoms with Crippen LogP contribution in [-0.4, -0.2) is 30.1 Å². The molecular formula is C19H20Cl4N4O4. The maximum Gasteiger partial charge on any atom is 0.278 e. The molecule has 8 nitrogen and oxygen atoms in total. The van der Waals surface area contributed by atoms with Crippen LogP contribution < -0.4 is 20.5 Å². The number of anilines is 1. The molecule has 0 saturated heterocycles. The van der Waals surface area contributed by atoms with Gasteiger partial charge in [0, 0.05) is 18.0 Å². The SMILES string of the molecule is COc1ccc(-c2nc(C(=O)Nc3c(Cl)cncc3Cl)c(C(C)N)o2)cc1OC.Cl.Cl. The Labute approximate surface area is 201 Å². The van der Waals surface area contributed by atoms with Gasteiger partial charge in [-0.2, -0.15) is 0 Å². The van der Waals surface area contributed by atoms with Crippen molar-refractivity contribution in [3.8, 4) is 23.0 Å². The van der Waals surface area contributed by atoms with Crippen molar-refractivity contribution in [1.82, 2.24) is 9.97 Å². The molecule has 2 aromatic heterocycles. The van der Waals surface area contributed by atoms with E-state index in [1.54, 1.807) is 25.1 Å². The van der Waals surface area contributed by atoms with Gasteiger partial charge in [0.05, 0.1) is 36.0 Å². The molecule has 31 heavy (non-hydrogen) atoms. The molecule has 3 rings (SSSR count). The highest BCUT2D eigenvalue weighted by Crippen LogP contribution is 2.34. The van der Waals surface area contributed by atoms with Crippen LogP contribution in [0.3, 0.4) is 0 Å². The van der Waals surface area contributed by atoms with E-state index in [-0.39, 0.29) is 57.9 Å². The zero-order valence-corrected chi connectivity index (χ0v) is 19.8. The van der Waals surface area contributed by atoms with E-state index in [0.717, 1.165) is 0 Å². The fourth-order valence-corrected chi connectivity index (χ4v) is 3.06. The number of rotatable bonds is 6. The van der Waals surface area contributed by atoms with E-state index in [1.165, 1.54) is 26.6 Å². The van der Waals surface area contributed by atoms with Crippen LogP contribution in [0.2, 0.25) is 10.0 Å². The summed E-state index contributed by atoms with van der Waals surface area (Å²) < 4.78 is 16.3. The smallest absolute Gasteiger partial charge is 0.278 e. The number of halogens is 4. The molecule has 0 aliphatic heterocycles. The second-order valence-corrected chi connectivity index (χ2v) is 6.84. The van der Waals surface area contributed by atoms with Gasteiger partial charge in [0.25, 0.3) is 5.91 Å². The first-order chi connectivity index (χ1) is 13.8. The molecule has 0 saturated carbocycles. The summed E-state index contributed by atoms with van der Waals surface area (Å²) in [7, 11) is 3.06. The predicted molar refractivity (Wildman–Crippen MR) is 124 cm³/mol. The Morgan fingerprint density at radius 2 is 1.74 bits per heavy atom. The van der Waals surface area contributed by atoms with Gasteiger partial charge in [-0.1, -0.05) is 23.2 Å². The van der Waals surface area contributed by atoms with Gasteiger partial charge in [-0.25, -0.2) is 4.98 Å². The first kappa shape index (κ1) is 26.8. The van der Waals surface area contributed by atoms with Crippen LogP contribution >= 0.6 is 48.0 Å². The van der Waals surface area contributed by atoms with Crippen LogP contribution in [-0.2, 0) is 0 Å². The molecule has 0 spiro atoms. The minimum Gasteiger partial charge on any atom is -0.493 e. The summed E-state index contributed by atoms with van der Waals surface area (Å²) in [6, 6.07) is 4.55. The van der Waals surface area contributed by atoms with Gasteiger partial charge in [-0.3, -0.25) is 9.78 Å². The number of methoxy groups -OCH3 is 2. The van der Waals surface area contributed by atoms with E-state index in [2.05, 4.69) is 15.3 Å². The molecule has 1 unspecified atom stereocenters. The molecule has 168 valence electrons. The maximum atomic E-state index is 12.8. The number of carbonyl (C=O) groups excluding carboxylic acids is 1. The molecule has 1 amide bonds. The lowest BCUT2D eigenvalue weighted by Gasteiger charge is -2.08. The lowest BCUT2D eigenvalue weighted by atomic mass is 10.2. The number of nitrogens with two attached hydrogens (primary N) is 1. The van der Waals surface area contributed by atoms with Gasteiger partial charge >= 0.3 is 0 Å². The van der Waals surface area contributed by atoms with Crippen LogP contribution in [0, 0.1) is 0 Å². The monoisotopic (exact) mass is 508 g/mol. The second kappa shape index (κ2) is 11.4. The number of nitrogens with zero attached hydrogens (tertiary/aromatic N) is 2. The summed E-state index contributed by atoms with van der Waals surface area (Å²) in [5.41, 5.74) is 6.81. The first-order valence-corrected chi connectivity index (χ1v) is 9.20. The third-order valence-electron chi connectivity index (χ3n) is 4.00. The van der Waals surface area contributed by atoms with Crippen molar-refractivity contribution in [2.45, 2.75) is 13.0 Å². The quantitative estimate of drug-likeness (QED) is 0.470. The number of aromatic nitrogens is 2. The molecule has 1 aromatic carbocycles. The molecule has 3 aromatic rings. The topological polar surface area (TPSA) is 112 Å². The van der Waals surface area contributed by atoms with Crippen LogP contribution in [0.1, 0.15) is 29.2 Å². The normalized spacial score (nSPS) is 11.0. The number of carbonyl (C=O) groups is 1. The third kappa shape index (κ3) is 5.72. The van der Waals surface area contributed by atoms with E-state index < -0.39 is 11.9 Å². The number of hydrogen-bond donors (Lipinski definition) is 2. The molecular weight excluding hydrogens is 490 g/mol. The molecule has 0 radical (unpaired) electrons. The van der Waals surface area contributed by atoms with Crippen molar-refractivity contribution in [2.75, 3.05) is 19.5 Å². The Kier molecular flexibility index (Phi) is 9.86. The zero-order chi connectivity index (χ0) is 21.1. The largest absolute Gasteiger partial charge is 0.493 e. The molecule has 0 fully saturated rings. The molecule has 0 bridgehead atoms. The maximum absolute atomic E-state index is 12.8. The molecule has 0 aliphatic rings. The van der Waals surface area contributed by atoms with Crippen molar-refractivity contribution in [2.24, 2.45) is 5.73 Å². The zero-order valence-electron chi connectivity index (χ0n) is 16.6. The van der Waals surface area contributed by atoms with E-state index in [0.29, 0.717) is 17.1 Å². The Bertz CT molecular complexity index is 1040. The van der Waals surface area contributed by atoms with Crippen LogP contribution in [0.4, 0.5) is 5.69 Å². The summed E-state index contributed by atoms with van der Waals surface area (Å²) in [6.45, 7) is 1.68. The lowest BCUT2D eigenvalue weighted by Crippen LogP contribution is -2.17. The van der Waals surface area contributed by atoms with Crippen LogP contribution in [0.5, 0.6) is 11.5 Å². The Morgan fingerprint density at radius 3 is 2.29 bits per heavy atom. The van der Waals surface area contributed by atoms with E-state index in [4.69, 9.17) is 42.8 Å². The number of oxazole rings is 1. The van der Waals surface area contributed by atoms with Crippen molar-refractivity contribution in [3.63, 3.8) is 0 Å². The second-order valence-electron chi connectivity index (χ2n) is 6.02. The number of pyridine rings is 1. The number of hydrogen-bond acceptors (Lipinski definition) is 7. The summed E-state index contributed by atoms with van der Waals surface area (Å²) in [5, 5.41) is 3.01. The predicted octanol–water partition coefficient (Wildman–Crippen LogP) is 5.18. The summed E-state index contributed by atoms with van der Waals surface area (Å²) in [4.78, 5) is 21.0. The molecule has 3 N–H and O–H groups in total. The third-order valence-corrected chi connectivity index (χ3v) is 4.58. The van der Waals surface area contributed by atoms with Crippen LogP contribution in [0.25, 0.3) is 11.5 Å². The van der Waals surface area contributed by atoms with E-state index in [1.807, 2.05) is 0 Å². The van der Waals surface area contributed by atoms with Gasteiger partial charge in [0.15, 0.2) is 23.0 Å². The number of benzene rings is 1. The highest BCUT2D eigenvalue weighted by molar-refractivity contribution is 6.39. The van der Waals surface area contributed by atoms with Gasteiger partial charge in [0.2, 0.25) is 5.89 Å². The van der Waals surface area contributed by atoms with Gasteiger partial charge in [-0.15, -0.1) is 24.8 Å².